The number of aromatic nitrogens is 2. The zero-order chi connectivity index (χ0) is 21.0. The molecule has 0 radical (unpaired) electrons. The van der Waals surface area contributed by atoms with Crippen molar-refractivity contribution in [2.75, 3.05) is 24.3 Å². The summed E-state index contributed by atoms with van der Waals surface area (Å²) in [5.41, 5.74) is 2.00. The first-order valence-corrected chi connectivity index (χ1v) is 10.5. The molecule has 1 heterocycles. The fourth-order valence-corrected chi connectivity index (χ4v) is 3.82. The molecule has 0 bridgehead atoms. The lowest BCUT2D eigenvalue weighted by atomic mass is 9.85. The Kier molecular flexibility index (Phi) is 6.96. The first-order chi connectivity index (χ1) is 13.8. The minimum absolute atomic E-state index is 0.0271. The summed E-state index contributed by atoms with van der Waals surface area (Å²) in [7, 11) is 3.95. The van der Waals surface area contributed by atoms with Crippen LogP contribution in [0.4, 0.5) is 11.8 Å². The largest absolute Gasteiger partial charge is 0.363 e. The molecule has 1 unspecified atom stereocenters. The van der Waals surface area contributed by atoms with Crippen molar-refractivity contribution in [3.8, 4) is 0 Å². The van der Waals surface area contributed by atoms with Crippen LogP contribution < -0.4 is 15.5 Å². The molecular weight excluding hydrogens is 386 g/mol. The monoisotopic (exact) mass is 415 g/mol. The summed E-state index contributed by atoms with van der Waals surface area (Å²) in [5.74, 6) is 1.74. The smallest absolute Gasteiger partial charge is 0.225 e. The van der Waals surface area contributed by atoms with E-state index in [4.69, 9.17) is 11.6 Å². The Hall–Kier alpha value is -2.34. The molecule has 0 saturated heterocycles. The summed E-state index contributed by atoms with van der Waals surface area (Å²) in [4.78, 5) is 23.7. The predicted molar refractivity (Wildman–Crippen MR) is 118 cm³/mol. The topological polar surface area (TPSA) is 70.2 Å². The molecule has 0 aliphatic heterocycles. The zero-order valence-electron chi connectivity index (χ0n) is 17.6. The number of nitrogens with one attached hydrogen (secondary N) is 2. The Bertz CT molecular complexity index is 832. The predicted octanol–water partition coefficient (Wildman–Crippen LogP) is 4.35. The highest BCUT2D eigenvalue weighted by atomic mass is 35.5. The molecule has 1 saturated carbocycles. The fourth-order valence-electron chi connectivity index (χ4n) is 3.69. The van der Waals surface area contributed by atoms with E-state index in [1.54, 1.807) is 0 Å². The quantitative estimate of drug-likeness (QED) is 0.733. The lowest BCUT2D eigenvalue weighted by Gasteiger charge is -2.29. The van der Waals surface area contributed by atoms with Gasteiger partial charge in [0.05, 0.1) is 6.04 Å². The molecule has 0 spiro atoms. The Balaban J connectivity index is 1.51. The summed E-state index contributed by atoms with van der Waals surface area (Å²) in [6.07, 6.45) is 3.59. The van der Waals surface area contributed by atoms with Gasteiger partial charge in [-0.1, -0.05) is 23.7 Å². The van der Waals surface area contributed by atoms with Crippen molar-refractivity contribution >= 4 is 29.3 Å². The van der Waals surface area contributed by atoms with E-state index in [1.807, 2.05) is 63.2 Å². The number of carbonyl (C=O) groups excluding carboxylic acids is 1. The summed E-state index contributed by atoms with van der Waals surface area (Å²) in [6, 6.07) is 9.85. The molecule has 1 amide bonds. The molecule has 1 aromatic heterocycles. The molecule has 3 rings (SSSR count). The van der Waals surface area contributed by atoms with Crippen molar-refractivity contribution in [1.29, 1.82) is 0 Å². The highest BCUT2D eigenvalue weighted by Crippen LogP contribution is 2.27. The molecule has 1 aliphatic carbocycles. The standard InChI is InChI=1S/C22H30ClN5O/c1-14-13-20(28(3)4)27-22(24-14)26-19-11-7-17(8-12-19)21(29)25-15(2)16-5-9-18(23)10-6-16/h5-6,9-10,13,15,17,19H,7-8,11-12H2,1-4H3,(H,25,29)(H,24,26,27). The van der Waals surface area contributed by atoms with E-state index < -0.39 is 0 Å². The van der Waals surface area contributed by atoms with Gasteiger partial charge in [0.25, 0.3) is 0 Å². The van der Waals surface area contributed by atoms with Gasteiger partial charge >= 0.3 is 0 Å². The van der Waals surface area contributed by atoms with Gasteiger partial charge in [-0.3, -0.25) is 4.79 Å². The van der Waals surface area contributed by atoms with Gasteiger partial charge in [0, 0.05) is 42.8 Å². The Labute approximate surface area is 178 Å². The maximum Gasteiger partial charge on any atom is 0.225 e. The van der Waals surface area contributed by atoms with Crippen molar-refractivity contribution < 1.29 is 4.79 Å². The van der Waals surface area contributed by atoms with Crippen LogP contribution in [0.25, 0.3) is 0 Å². The van der Waals surface area contributed by atoms with E-state index >= 15 is 0 Å². The van der Waals surface area contributed by atoms with Crippen LogP contribution in [0, 0.1) is 12.8 Å². The van der Waals surface area contributed by atoms with Crippen LogP contribution in [0.15, 0.2) is 30.3 Å². The second-order valence-corrected chi connectivity index (χ2v) is 8.50. The van der Waals surface area contributed by atoms with E-state index in [0.29, 0.717) is 17.0 Å². The molecule has 1 atom stereocenters. The second-order valence-electron chi connectivity index (χ2n) is 8.06. The second kappa shape index (κ2) is 9.44. The van der Waals surface area contributed by atoms with Gasteiger partial charge in [-0.15, -0.1) is 0 Å². The van der Waals surface area contributed by atoms with Crippen LogP contribution in [-0.4, -0.2) is 36.0 Å². The van der Waals surface area contributed by atoms with E-state index in [-0.39, 0.29) is 17.9 Å². The Morgan fingerprint density at radius 2 is 1.79 bits per heavy atom. The number of benzene rings is 1. The first kappa shape index (κ1) is 21.4. The average molecular weight is 416 g/mol. The molecular formula is C22H30ClN5O. The van der Waals surface area contributed by atoms with Gasteiger partial charge < -0.3 is 15.5 Å². The maximum absolute atomic E-state index is 12.7. The fraction of sp³-hybridized carbons (Fsp3) is 0.500. The third-order valence-electron chi connectivity index (χ3n) is 5.46. The van der Waals surface area contributed by atoms with Crippen molar-refractivity contribution in [1.82, 2.24) is 15.3 Å². The van der Waals surface area contributed by atoms with Crippen molar-refractivity contribution in [3.05, 3.63) is 46.6 Å². The SMILES string of the molecule is Cc1cc(N(C)C)nc(NC2CCC(C(=O)NC(C)c3ccc(Cl)cc3)CC2)n1. The lowest BCUT2D eigenvalue weighted by Crippen LogP contribution is -2.37. The van der Waals surface area contributed by atoms with E-state index in [0.717, 1.165) is 42.8 Å². The third-order valence-corrected chi connectivity index (χ3v) is 5.71. The highest BCUT2D eigenvalue weighted by Gasteiger charge is 2.27. The van der Waals surface area contributed by atoms with Crippen molar-refractivity contribution in [2.45, 2.75) is 51.6 Å². The molecule has 7 heteroatoms. The zero-order valence-corrected chi connectivity index (χ0v) is 18.3. The molecule has 1 aromatic carbocycles. The number of carbonyl (C=O) groups is 1. The van der Waals surface area contributed by atoms with Gasteiger partial charge in [-0.2, -0.15) is 4.98 Å². The van der Waals surface area contributed by atoms with Crippen molar-refractivity contribution in [2.24, 2.45) is 5.92 Å². The number of aryl methyl sites for hydroxylation is 1. The van der Waals surface area contributed by atoms with Crippen LogP contribution in [0.2, 0.25) is 5.02 Å². The molecule has 156 valence electrons. The van der Waals surface area contributed by atoms with Gasteiger partial charge in [-0.25, -0.2) is 4.98 Å². The summed E-state index contributed by atoms with van der Waals surface area (Å²) in [5, 5.41) is 7.30. The molecule has 2 aromatic rings. The highest BCUT2D eigenvalue weighted by molar-refractivity contribution is 6.30. The van der Waals surface area contributed by atoms with E-state index in [9.17, 15) is 4.79 Å². The van der Waals surface area contributed by atoms with Crippen LogP contribution >= 0.6 is 11.6 Å². The first-order valence-electron chi connectivity index (χ1n) is 10.2. The van der Waals surface area contributed by atoms with Crippen molar-refractivity contribution in [3.63, 3.8) is 0 Å². The summed E-state index contributed by atoms with van der Waals surface area (Å²) >= 11 is 5.94. The van der Waals surface area contributed by atoms with Gasteiger partial charge in [-0.05, 0) is 57.2 Å². The molecule has 1 fully saturated rings. The summed E-state index contributed by atoms with van der Waals surface area (Å²) in [6.45, 7) is 3.98. The number of amides is 1. The van der Waals surface area contributed by atoms with E-state index in [1.165, 1.54) is 0 Å². The third kappa shape index (κ3) is 5.82. The normalized spacial score (nSPS) is 20.0. The van der Waals surface area contributed by atoms with Crippen LogP contribution in [-0.2, 0) is 4.79 Å². The molecule has 29 heavy (non-hydrogen) atoms. The molecule has 6 nitrogen and oxygen atoms in total. The maximum atomic E-state index is 12.7. The van der Waals surface area contributed by atoms with Crippen LogP contribution in [0.1, 0.15) is 49.9 Å². The van der Waals surface area contributed by atoms with Gasteiger partial charge in [0.2, 0.25) is 11.9 Å². The number of anilines is 2. The number of hydrogen-bond donors (Lipinski definition) is 2. The Morgan fingerprint density at radius 3 is 2.41 bits per heavy atom. The minimum atomic E-state index is -0.0271. The molecule has 1 aliphatic rings. The number of nitrogens with zero attached hydrogens (tertiary/aromatic N) is 3. The van der Waals surface area contributed by atoms with Gasteiger partial charge in [0.1, 0.15) is 5.82 Å². The Morgan fingerprint density at radius 1 is 1.14 bits per heavy atom. The lowest BCUT2D eigenvalue weighted by molar-refractivity contribution is -0.126. The van der Waals surface area contributed by atoms with Crippen LogP contribution in [0.5, 0.6) is 0 Å². The number of hydrogen-bond acceptors (Lipinski definition) is 5. The number of rotatable bonds is 6. The van der Waals surface area contributed by atoms with Crippen LogP contribution in [0.3, 0.4) is 0 Å². The van der Waals surface area contributed by atoms with Gasteiger partial charge in [0.15, 0.2) is 0 Å². The van der Waals surface area contributed by atoms with E-state index in [2.05, 4.69) is 20.6 Å². The average Bonchev–Trinajstić information content (AvgIpc) is 2.68. The molecule has 2 N–H and O–H groups in total. The summed E-state index contributed by atoms with van der Waals surface area (Å²) < 4.78 is 0. The minimum Gasteiger partial charge on any atom is -0.363 e. The number of halogens is 1.